The Bertz CT molecular complexity index is 860. The Hall–Kier alpha value is -2.18. The molecule has 3 atom stereocenters. The average Bonchev–Trinajstić information content (AvgIpc) is 2.90. The minimum atomic E-state index is -0.0631. The van der Waals surface area contributed by atoms with Gasteiger partial charge in [-0.25, -0.2) is 0 Å². The summed E-state index contributed by atoms with van der Waals surface area (Å²) in [5, 5.41) is 10.8. The van der Waals surface area contributed by atoms with Crippen molar-refractivity contribution >= 4 is 5.91 Å². The van der Waals surface area contributed by atoms with Crippen molar-refractivity contribution in [3.05, 3.63) is 52.8 Å². The summed E-state index contributed by atoms with van der Waals surface area (Å²) < 4.78 is 0. The lowest BCUT2D eigenvalue weighted by Crippen LogP contribution is -2.70. The van der Waals surface area contributed by atoms with Crippen molar-refractivity contribution in [3.8, 4) is 0 Å². The van der Waals surface area contributed by atoms with E-state index in [-0.39, 0.29) is 17.4 Å². The van der Waals surface area contributed by atoms with Crippen LogP contribution in [0.5, 0.6) is 0 Å². The van der Waals surface area contributed by atoms with Gasteiger partial charge in [0.15, 0.2) is 5.69 Å². The average molecular weight is 380 g/mol. The smallest absolute Gasteiger partial charge is 0.272 e. The Morgan fingerprint density at radius 2 is 1.89 bits per heavy atom. The molecule has 5 heterocycles. The molecule has 4 saturated heterocycles. The Kier molecular flexibility index (Phi) is 4.29. The molecule has 2 N–H and O–H groups in total. The molecule has 0 spiro atoms. The lowest BCUT2D eigenvalue weighted by Gasteiger charge is -2.55. The van der Waals surface area contributed by atoms with Gasteiger partial charge in [-0.1, -0.05) is 37.3 Å². The predicted octanol–water partition coefficient (Wildman–Crippen LogP) is 1.58. The second kappa shape index (κ2) is 6.71. The first-order chi connectivity index (χ1) is 13.6. The monoisotopic (exact) mass is 379 g/mol. The van der Waals surface area contributed by atoms with Gasteiger partial charge in [0.2, 0.25) is 0 Å². The summed E-state index contributed by atoms with van der Waals surface area (Å²) in [5.74, 6) is 0.406. The molecule has 1 amide bonds. The summed E-state index contributed by atoms with van der Waals surface area (Å²) in [6.07, 6.45) is 0.857. The maximum atomic E-state index is 13.2. The highest BCUT2D eigenvalue weighted by atomic mass is 16.2. The number of rotatable bonds is 4. The molecule has 0 radical (unpaired) electrons. The standard InChI is InChI=1S/C22H29N5O/c1-3-18-15(2)19(25-24-18)21(28)23-20-16-11-26-9-10-27(12-16)14-22(20,13-26)17-7-5-4-6-8-17/h4-8,16,20H,3,9-14H2,1-2H3,(H,23,28)(H,24,25). The fourth-order valence-corrected chi connectivity index (χ4v) is 5.78. The predicted molar refractivity (Wildman–Crippen MR) is 108 cm³/mol. The van der Waals surface area contributed by atoms with Crippen LogP contribution in [-0.2, 0) is 11.8 Å². The molecule has 6 nitrogen and oxygen atoms in total. The van der Waals surface area contributed by atoms with E-state index < -0.39 is 0 Å². The van der Waals surface area contributed by atoms with Crippen LogP contribution in [0.3, 0.4) is 0 Å². The van der Waals surface area contributed by atoms with Crippen molar-refractivity contribution < 1.29 is 4.79 Å². The third-order valence-corrected chi connectivity index (χ3v) is 7.11. The van der Waals surface area contributed by atoms with Gasteiger partial charge in [-0.05, 0) is 18.9 Å². The van der Waals surface area contributed by atoms with Gasteiger partial charge in [0.25, 0.3) is 5.91 Å². The normalized spacial score (nSPS) is 33.6. The Balaban J connectivity index is 1.52. The first kappa shape index (κ1) is 17.9. The topological polar surface area (TPSA) is 64.3 Å². The number of aromatic nitrogens is 2. The molecule has 4 aliphatic heterocycles. The Morgan fingerprint density at radius 1 is 1.21 bits per heavy atom. The number of aryl methyl sites for hydroxylation is 1. The van der Waals surface area contributed by atoms with Crippen molar-refractivity contribution in [2.75, 3.05) is 39.3 Å². The SMILES string of the molecule is CCc1[nH]nc(C(=O)NC2C3CN4CCN(C3)CC2(c2ccccc2)C4)c1C. The number of fused-ring (bicyclic) bond motifs is 1. The van der Waals surface area contributed by atoms with Crippen LogP contribution in [0.25, 0.3) is 0 Å². The third-order valence-electron chi connectivity index (χ3n) is 7.11. The van der Waals surface area contributed by atoms with E-state index in [1.807, 2.05) is 6.92 Å². The summed E-state index contributed by atoms with van der Waals surface area (Å²) >= 11 is 0. The first-order valence-corrected chi connectivity index (χ1v) is 10.5. The fraction of sp³-hybridized carbons (Fsp3) is 0.545. The number of hydrogen-bond donors (Lipinski definition) is 2. The van der Waals surface area contributed by atoms with Gasteiger partial charge in [0.1, 0.15) is 0 Å². The van der Waals surface area contributed by atoms with Crippen LogP contribution in [-0.4, -0.2) is 71.2 Å². The largest absolute Gasteiger partial charge is 0.347 e. The van der Waals surface area contributed by atoms with Gasteiger partial charge in [0, 0.05) is 67.9 Å². The summed E-state index contributed by atoms with van der Waals surface area (Å²) in [6, 6.07) is 10.9. The molecule has 4 fully saturated rings. The van der Waals surface area contributed by atoms with E-state index in [0.29, 0.717) is 11.6 Å². The van der Waals surface area contributed by atoms with Gasteiger partial charge >= 0.3 is 0 Å². The molecular weight excluding hydrogens is 350 g/mol. The highest BCUT2D eigenvalue weighted by molar-refractivity contribution is 5.94. The van der Waals surface area contributed by atoms with Gasteiger partial charge in [0.05, 0.1) is 0 Å². The number of nitrogens with one attached hydrogen (secondary N) is 2. The van der Waals surface area contributed by atoms with E-state index in [9.17, 15) is 4.79 Å². The van der Waals surface area contributed by atoms with Crippen molar-refractivity contribution in [2.45, 2.75) is 31.7 Å². The zero-order valence-electron chi connectivity index (χ0n) is 16.7. The second-order valence-corrected chi connectivity index (χ2v) is 8.73. The fourth-order valence-electron chi connectivity index (χ4n) is 5.78. The Labute approximate surface area is 166 Å². The van der Waals surface area contributed by atoms with Crippen molar-refractivity contribution in [1.29, 1.82) is 0 Å². The zero-order valence-corrected chi connectivity index (χ0v) is 16.7. The minimum Gasteiger partial charge on any atom is -0.347 e. The first-order valence-electron chi connectivity index (χ1n) is 10.5. The summed E-state index contributed by atoms with van der Waals surface area (Å²) in [4.78, 5) is 18.4. The molecule has 6 heteroatoms. The van der Waals surface area contributed by atoms with E-state index in [1.54, 1.807) is 0 Å². The molecule has 0 saturated carbocycles. The minimum absolute atomic E-state index is 0.0371. The second-order valence-electron chi connectivity index (χ2n) is 8.73. The van der Waals surface area contributed by atoms with Crippen LogP contribution in [0.15, 0.2) is 30.3 Å². The van der Waals surface area contributed by atoms with Gasteiger partial charge < -0.3 is 15.1 Å². The van der Waals surface area contributed by atoms with Crippen molar-refractivity contribution in [2.24, 2.45) is 5.92 Å². The number of nitrogens with zero attached hydrogens (tertiary/aromatic N) is 3. The van der Waals surface area contributed by atoms with Crippen molar-refractivity contribution in [1.82, 2.24) is 25.3 Å². The lowest BCUT2D eigenvalue weighted by atomic mass is 9.64. The van der Waals surface area contributed by atoms with E-state index in [4.69, 9.17) is 0 Å². The number of piperidine rings is 2. The number of hydrogen-bond acceptors (Lipinski definition) is 4. The van der Waals surface area contributed by atoms with Crippen LogP contribution in [0.2, 0.25) is 0 Å². The summed E-state index contributed by atoms with van der Waals surface area (Å²) in [6.45, 7) is 10.5. The molecule has 4 aliphatic rings. The van der Waals surface area contributed by atoms with Gasteiger partial charge in [-0.3, -0.25) is 9.89 Å². The number of benzene rings is 1. The third kappa shape index (κ3) is 2.70. The highest BCUT2D eigenvalue weighted by Crippen LogP contribution is 2.43. The number of H-pyrrole nitrogens is 1. The number of carbonyl (C=O) groups excluding carboxylic acids is 1. The Morgan fingerprint density at radius 3 is 2.50 bits per heavy atom. The molecule has 3 unspecified atom stereocenters. The van der Waals surface area contributed by atoms with Crippen LogP contribution >= 0.6 is 0 Å². The van der Waals surface area contributed by atoms with Crippen LogP contribution in [0, 0.1) is 12.8 Å². The van der Waals surface area contributed by atoms with Gasteiger partial charge in [-0.2, -0.15) is 5.10 Å². The van der Waals surface area contributed by atoms with Crippen LogP contribution in [0.4, 0.5) is 0 Å². The highest BCUT2D eigenvalue weighted by Gasteiger charge is 2.55. The molecule has 1 aromatic heterocycles. The number of amides is 1. The molecule has 28 heavy (non-hydrogen) atoms. The van der Waals surface area contributed by atoms with Crippen LogP contribution < -0.4 is 5.32 Å². The van der Waals surface area contributed by atoms with Crippen LogP contribution in [0.1, 0.15) is 34.2 Å². The van der Waals surface area contributed by atoms with E-state index in [0.717, 1.165) is 56.9 Å². The zero-order chi connectivity index (χ0) is 19.3. The molecule has 6 rings (SSSR count). The number of aromatic amines is 1. The maximum Gasteiger partial charge on any atom is 0.272 e. The molecule has 2 aromatic rings. The molecule has 148 valence electrons. The van der Waals surface area contributed by atoms with E-state index in [1.165, 1.54) is 5.56 Å². The van der Waals surface area contributed by atoms with E-state index in [2.05, 4.69) is 62.6 Å². The molecule has 0 aliphatic carbocycles. The maximum absolute atomic E-state index is 13.2. The molecule has 1 aromatic carbocycles. The lowest BCUT2D eigenvalue weighted by molar-refractivity contribution is 0.0179. The van der Waals surface area contributed by atoms with Gasteiger partial charge in [-0.15, -0.1) is 0 Å². The molecule has 4 bridgehead atoms. The van der Waals surface area contributed by atoms with Crippen molar-refractivity contribution in [3.63, 3.8) is 0 Å². The number of carbonyl (C=O) groups is 1. The quantitative estimate of drug-likeness (QED) is 0.847. The summed E-state index contributed by atoms with van der Waals surface area (Å²) in [7, 11) is 0. The summed E-state index contributed by atoms with van der Waals surface area (Å²) in [5.41, 5.74) is 3.85. The van der Waals surface area contributed by atoms with E-state index >= 15 is 0 Å². The molecular formula is C22H29N5O.